The van der Waals surface area contributed by atoms with E-state index in [9.17, 15) is 0 Å². The highest BCUT2D eigenvalue weighted by atomic mass is 79.9. The van der Waals surface area contributed by atoms with Crippen molar-refractivity contribution < 1.29 is 0 Å². The van der Waals surface area contributed by atoms with Crippen molar-refractivity contribution in [3.63, 3.8) is 0 Å². The van der Waals surface area contributed by atoms with Gasteiger partial charge in [-0.25, -0.2) is 4.98 Å². The molecule has 0 amide bonds. The molecular formula is C29H19Br2N. The minimum Gasteiger partial charge on any atom is -0.248 e. The van der Waals surface area contributed by atoms with E-state index in [1.165, 1.54) is 16.7 Å². The van der Waals surface area contributed by atoms with Crippen LogP contribution in [0.2, 0.25) is 0 Å². The van der Waals surface area contributed by atoms with Gasteiger partial charge in [-0.3, -0.25) is 0 Å². The van der Waals surface area contributed by atoms with Gasteiger partial charge in [-0.15, -0.1) is 0 Å². The van der Waals surface area contributed by atoms with Gasteiger partial charge in [-0.1, -0.05) is 111 Å². The summed E-state index contributed by atoms with van der Waals surface area (Å²) < 4.78 is 2.11. The summed E-state index contributed by atoms with van der Waals surface area (Å²) in [7, 11) is 0. The van der Waals surface area contributed by atoms with Gasteiger partial charge in [0.1, 0.15) is 0 Å². The zero-order valence-electron chi connectivity index (χ0n) is 17.2. The van der Waals surface area contributed by atoms with Crippen LogP contribution < -0.4 is 0 Å². The van der Waals surface area contributed by atoms with Gasteiger partial charge in [0.15, 0.2) is 0 Å². The maximum Gasteiger partial charge on any atom is 0.0715 e. The lowest BCUT2D eigenvalue weighted by Gasteiger charge is -2.11. The topological polar surface area (TPSA) is 12.9 Å². The molecule has 0 bridgehead atoms. The predicted octanol–water partition coefficient (Wildman–Crippen LogP) is 9.27. The first-order chi connectivity index (χ1) is 15.7. The first-order valence-corrected chi connectivity index (χ1v) is 11.9. The second-order valence-electron chi connectivity index (χ2n) is 7.58. The molecule has 32 heavy (non-hydrogen) atoms. The van der Waals surface area contributed by atoms with Gasteiger partial charge >= 0.3 is 0 Å². The lowest BCUT2D eigenvalue weighted by atomic mass is 9.97. The van der Waals surface area contributed by atoms with Crippen LogP contribution in [-0.2, 0) is 0 Å². The molecule has 0 aliphatic rings. The summed E-state index contributed by atoms with van der Waals surface area (Å²) in [5.41, 5.74) is 8.85. The molecule has 3 heteroatoms. The molecule has 0 spiro atoms. The first-order valence-electron chi connectivity index (χ1n) is 10.4. The maximum absolute atomic E-state index is 4.99. The average molecular weight is 541 g/mol. The predicted molar refractivity (Wildman–Crippen MR) is 141 cm³/mol. The molecule has 0 N–H and O–H groups in total. The highest BCUT2D eigenvalue weighted by molar-refractivity contribution is 9.10. The molecule has 0 saturated carbocycles. The van der Waals surface area contributed by atoms with Gasteiger partial charge in [0.25, 0.3) is 0 Å². The van der Waals surface area contributed by atoms with Crippen molar-refractivity contribution >= 4 is 31.9 Å². The van der Waals surface area contributed by atoms with E-state index in [0.29, 0.717) is 0 Å². The number of nitrogens with zero attached hydrogens (tertiary/aromatic N) is 1. The molecular weight excluding hydrogens is 522 g/mol. The number of pyridine rings is 1. The Morgan fingerprint density at radius 1 is 0.375 bits per heavy atom. The molecule has 5 rings (SSSR count). The molecule has 4 aromatic carbocycles. The maximum atomic E-state index is 4.99. The van der Waals surface area contributed by atoms with Gasteiger partial charge in [0.05, 0.1) is 11.4 Å². The van der Waals surface area contributed by atoms with E-state index >= 15 is 0 Å². The van der Waals surface area contributed by atoms with Crippen LogP contribution in [0.4, 0.5) is 0 Å². The Morgan fingerprint density at radius 3 is 1.22 bits per heavy atom. The fourth-order valence-corrected chi connectivity index (χ4v) is 4.25. The standard InChI is InChI=1S/C29H19Br2N/c30-26-14-10-23(11-15-26)28-18-25(19-29(32-28)24-12-16-27(31)17-13-24)22-8-6-21(7-9-22)20-4-2-1-3-5-20/h1-19H. The van der Waals surface area contributed by atoms with Crippen molar-refractivity contribution in [1.82, 2.24) is 4.98 Å². The van der Waals surface area contributed by atoms with Gasteiger partial charge < -0.3 is 0 Å². The number of halogens is 2. The lowest BCUT2D eigenvalue weighted by Crippen LogP contribution is -1.91. The monoisotopic (exact) mass is 539 g/mol. The fourth-order valence-electron chi connectivity index (χ4n) is 3.72. The van der Waals surface area contributed by atoms with Gasteiger partial charge in [-0.05, 0) is 58.7 Å². The van der Waals surface area contributed by atoms with Crippen molar-refractivity contribution in [3.8, 4) is 44.8 Å². The van der Waals surface area contributed by atoms with Crippen LogP contribution in [0.1, 0.15) is 0 Å². The van der Waals surface area contributed by atoms with Crippen LogP contribution in [0, 0.1) is 0 Å². The van der Waals surface area contributed by atoms with Gasteiger partial charge in [0, 0.05) is 20.1 Å². The van der Waals surface area contributed by atoms with Crippen molar-refractivity contribution in [1.29, 1.82) is 0 Å². The van der Waals surface area contributed by atoms with E-state index in [4.69, 9.17) is 4.98 Å². The molecule has 0 aliphatic heterocycles. The Bertz CT molecular complexity index is 1280. The third-order valence-electron chi connectivity index (χ3n) is 5.43. The van der Waals surface area contributed by atoms with Crippen LogP contribution in [0.15, 0.2) is 124 Å². The Labute approximate surface area is 205 Å². The fraction of sp³-hybridized carbons (Fsp3) is 0. The minimum atomic E-state index is 0.958. The first kappa shape index (κ1) is 20.9. The van der Waals surface area contributed by atoms with Crippen molar-refractivity contribution in [2.75, 3.05) is 0 Å². The number of hydrogen-bond acceptors (Lipinski definition) is 1. The third-order valence-corrected chi connectivity index (χ3v) is 6.49. The van der Waals surface area contributed by atoms with Gasteiger partial charge in [0.2, 0.25) is 0 Å². The van der Waals surface area contributed by atoms with Gasteiger partial charge in [-0.2, -0.15) is 0 Å². The van der Waals surface area contributed by atoms with Crippen molar-refractivity contribution in [3.05, 3.63) is 124 Å². The average Bonchev–Trinajstić information content (AvgIpc) is 2.85. The Hall–Kier alpha value is -3.01. The lowest BCUT2D eigenvalue weighted by molar-refractivity contribution is 1.32. The number of benzene rings is 4. The molecule has 1 nitrogen and oxygen atoms in total. The second-order valence-corrected chi connectivity index (χ2v) is 9.41. The van der Waals surface area contributed by atoms with Crippen molar-refractivity contribution in [2.24, 2.45) is 0 Å². The van der Waals surface area contributed by atoms with E-state index in [0.717, 1.165) is 37.0 Å². The summed E-state index contributed by atoms with van der Waals surface area (Å²) in [6.07, 6.45) is 0. The van der Waals surface area contributed by atoms with Crippen LogP contribution in [0.25, 0.3) is 44.8 Å². The Morgan fingerprint density at radius 2 is 0.750 bits per heavy atom. The van der Waals surface area contributed by atoms with E-state index in [2.05, 4.69) is 141 Å². The number of hydrogen-bond donors (Lipinski definition) is 0. The Kier molecular flexibility index (Phi) is 6.02. The number of aromatic nitrogens is 1. The molecule has 0 atom stereocenters. The Balaban J connectivity index is 1.60. The molecule has 1 aromatic heterocycles. The highest BCUT2D eigenvalue weighted by Gasteiger charge is 2.10. The summed E-state index contributed by atoms with van der Waals surface area (Å²) in [6.45, 7) is 0. The van der Waals surface area contributed by atoms with E-state index in [1.54, 1.807) is 0 Å². The van der Waals surface area contributed by atoms with Crippen LogP contribution in [0.5, 0.6) is 0 Å². The summed E-state index contributed by atoms with van der Waals surface area (Å²) in [4.78, 5) is 4.99. The molecule has 154 valence electrons. The minimum absolute atomic E-state index is 0.958. The van der Waals surface area contributed by atoms with Crippen molar-refractivity contribution in [2.45, 2.75) is 0 Å². The summed E-state index contributed by atoms with van der Waals surface area (Å²) in [6, 6.07) is 40.1. The summed E-state index contributed by atoms with van der Waals surface area (Å²) in [5.74, 6) is 0. The zero-order chi connectivity index (χ0) is 21.9. The SMILES string of the molecule is Brc1ccc(-c2cc(-c3ccc(-c4ccccc4)cc3)cc(-c3ccc(Br)cc3)n2)cc1. The highest BCUT2D eigenvalue weighted by Crippen LogP contribution is 2.32. The van der Waals surface area contributed by atoms with Crippen LogP contribution in [0.3, 0.4) is 0 Å². The van der Waals surface area contributed by atoms with E-state index in [-0.39, 0.29) is 0 Å². The molecule has 5 aromatic rings. The number of rotatable bonds is 4. The summed E-state index contributed by atoms with van der Waals surface area (Å²) >= 11 is 7.06. The molecule has 1 heterocycles. The molecule has 0 aliphatic carbocycles. The van der Waals surface area contributed by atoms with E-state index in [1.807, 2.05) is 6.07 Å². The quantitative estimate of drug-likeness (QED) is 0.221. The second kappa shape index (κ2) is 9.23. The van der Waals surface area contributed by atoms with Crippen LogP contribution in [-0.4, -0.2) is 4.98 Å². The molecule has 0 saturated heterocycles. The molecule has 0 radical (unpaired) electrons. The third kappa shape index (κ3) is 4.59. The molecule has 0 unspecified atom stereocenters. The normalized spacial score (nSPS) is 10.8. The smallest absolute Gasteiger partial charge is 0.0715 e. The summed E-state index contributed by atoms with van der Waals surface area (Å²) in [5, 5.41) is 0. The van der Waals surface area contributed by atoms with Crippen LogP contribution >= 0.6 is 31.9 Å². The largest absolute Gasteiger partial charge is 0.248 e. The zero-order valence-corrected chi connectivity index (χ0v) is 20.3. The van der Waals surface area contributed by atoms with E-state index < -0.39 is 0 Å². The molecule has 0 fully saturated rings.